The summed E-state index contributed by atoms with van der Waals surface area (Å²) < 4.78 is 25.1. The zero-order chi connectivity index (χ0) is 17.7. The number of rotatable bonds is 5. The van der Waals surface area contributed by atoms with Crippen molar-refractivity contribution < 1.29 is 13.2 Å². The van der Waals surface area contributed by atoms with E-state index in [1.807, 2.05) is 0 Å². The van der Waals surface area contributed by atoms with Gasteiger partial charge in [-0.15, -0.1) is 0 Å². The third-order valence-electron chi connectivity index (χ3n) is 2.88. The zero-order valence-corrected chi connectivity index (χ0v) is 14.9. The smallest absolute Gasteiger partial charge is 0.248 e. The molecule has 0 heterocycles. The molecule has 0 bridgehead atoms. The minimum atomic E-state index is -3.46. The largest absolute Gasteiger partial charge is 0.321 e. The summed E-state index contributed by atoms with van der Waals surface area (Å²) in [4.78, 5) is 12.1. The fourth-order valence-corrected chi connectivity index (χ4v) is 2.99. The van der Waals surface area contributed by atoms with Gasteiger partial charge in [-0.3, -0.25) is 9.52 Å². The summed E-state index contributed by atoms with van der Waals surface area (Å²) in [6.07, 6.45) is 3.79. The van der Waals surface area contributed by atoms with Gasteiger partial charge in [0.2, 0.25) is 15.9 Å². The van der Waals surface area contributed by atoms with E-state index in [0.29, 0.717) is 21.3 Å². The first-order chi connectivity index (χ1) is 11.3. The highest BCUT2D eigenvalue weighted by molar-refractivity contribution is 7.92. The molecule has 0 aliphatic heterocycles. The lowest BCUT2D eigenvalue weighted by Gasteiger charge is -2.10. The molecule has 0 aliphatic rings. The first-order valence-electron chi connectivity index (χ1n) is 6.76. The Morgan fingerprint density at radius 2 is 1.58 bits per heavy atom. The van der Waals surface area contributed by atoms with Crippen molar-refractivity contribution in [1.29, 1.82) is 0 Å². The molecule has 2 N–H and O–H groups in total. The maximum Gasteiger partial charge on any atom is 0.248 e. The molecule has 0 aromatic heterocycles. The van der Waals surface area contributed by atoms with Crippen LogP contribution in [0.25, 0.3) is 6.08 Å². The number of carbonyl (C=O) groups is 1. The van der Waals surface area contributed by atoms with E-state index >= 15 is 0 Å². The van der Waals surface area contributed by atoms with Gasteiger partial charge < -0.3 is 5.32 Å². The monoisotopic (exact) mass is 384 g/mol. The number of nitrogens with one attached hydrogen (secondary N) is 2. The summed E-state index contributed by atoms with van der Waals surface area (Å²) >= 11 is 12.1. The second-order valence-corrected chi connectivity index (χ2v) is 7.44. The number of halogens is 2. The zero-order valence-electron chi connectivity index (χ0n) is 12.6. The number of hydrogen-bond acceptors (Lipinski definition) is 3. The van der Waals surface area contributed by atoms with Crippen molar-refractivity contribution >= 4 is 56.6 Å². The van der Waals surface area contributed by atoms with Gasteiger partial charge in [-0.05, 0) is 30.3 Å². The van der Waals surface area contributed by atoms with Gasteiger partial charge in [0.1, 0.15) is 0 Å². The first kappa shape index (κ1) is 18.3. The van der Waals surface area contributed by atoms with Crippen molar-refractivity contribution in [3.8, 4) is 0 Å². The Kier molecular flexibility index (Phi) is 5.88. The van der Waals surface area contributed by atoms with Crippen LogP contribution in [-0.4, -0.2) is 20.6 Å². The van der Waals surface area contributed by atoms with Crippen LogP contribution in [0.2, 0.25) is 10.0 Å². The second kappa shape index (κ2) is 7.70. The molecule has 2 aromatic rings. The minimum absolute atomic E-state index is 0.275. The third kappa shape index (κ3) is 5.26. The van der Waals surface area contributed by atoms with E-state index in [0.717, 1.165) is 6.26 Å². The number of carbonyl (C=O) groups excluding carboxylic acids is 1. The molecule has 2 aromatic carbocycles. The number of para-hydroxylation sites is 2. The highest BCUT2D eigenvalue weighted by atomic mass is 35.5. The number of benzene rings is 2. The van der Waals surface area contributed by atoms with Gasteiger partial charge >= 0.3 is 0 Å². The van der Waals surface area contributed by atoms with E-state index in [4.69, 9.17) is 23.2 Å². The van der Waals surface area contributed by atoms with Crippen LogP contribution < -0.4 is 10.0 Å². The molecule has 5 nitrogen and oxygen atoms in total. The van der Waals surface area contributed by atoms with Crippen molar-refractivity contribution in [2.75, 3.05) is 16.3 Å². The second-order valence-electron chi connectivity index (χ2n) is 4.88. The van der Waals surface area contributed by atoms with E-state index < -0.39 is 15.9 Å². The molecule has 8 heteroatoms. The SMILES string of the molecule is CS(=O)(=O)Nc1ccccc1NC(=O)/C=C/c1c(Cl)cccc1Cl. The molecule has 0 spiro atoms. The Balaban J connectivity index is 2.18. The van der Waals surface area contributed by atoms with Crippen molar-refractivity contribution in [1.82, 2.24) is 0 Å². The molecule has 2 rings (SSSR count). The Labute approximate surface area is 150 Å². The number of sulfonamides is 1. The van der Waals surface area contributed by atoms with Crippen LogP contribution in [0, 0.1) is 0 Å². The van der Waals surface area contributed by atoms with Crippen LogP contribution in [0.4, 0.5) is 11.4 Å². The fourth-order valence-electron chi connectivity index (χ4n) is 1.88. The average Bonchev–Trinajstić information content (AvgIpc) is 2.47. The van der Waals surface area contributed by atoms with E-state index in [-0.39, 0.29) is 5.69 Å². The molecule has 0 unspecified atom stereocenters. The van der Waals surface area contributed by atoms with Gasteiger partial charge in [-0.25, -0.2) is 8.42 Å². The van der Waals surface area contributed by atoms with Crippen LogP contribution in [0.1, 0.15) is 5.56 Å². The Morgan fingerprint density at radius 1 is 1.00 bits per heavy atom. The molecule has 0 atom stereocenters. The van der Waals surface area contributed by atoms with E-state index in [9.17, 15) is 13.2 Å². The highest BCUT2D eigenvalue weighted by Gasteiger charge is 2.09. The molecular formula is C16H14Cl2N2O3S. The predicted molar refractivity (Wildman–Crippen MR) is 99.0 cm³/mol. The first-order valence-corrected chi connectivity index (χ1v) is 9.41. The number of anilines is 2. The summed E-state index contributed by atoms with van der Waals surface area (Å²) in [5.41, 5.74) is 1.14. The maximum atomic E-state index is 12.1. The normalized spacial score (nSPS) is 11.5. The van der Waals surface area contributed by atoms with Crippen molar-refractivity contribution in [3.63, 3.8) is 0 Å². The lowest BCUT2D eigenvalue weighted by atomic mass is 10.2. The molecule has 1 amide bonds. The quantitative estimate of drug-likeness (QED) is 0.764. The summed E-state index contributed by atoms with van der Waals surface area (Å²) in [6, 6.07) is 11.5. The van der Waals surface area contributed by atoms with Crippen molar-refractivity contribution in [2.45, 2.75) is 0 Å². The average molecular weight is 385 g/mol. The standard InChI is InChI=1S/C16H14Cl2N2O3S/c1-24(22,23)20-15-8-3-2-7-14(15)19-16(21)10-9-11-12(17)5-4-6-13(11)18/h2-10,20H,1H3,(H,19,21)/b10-9+. The van der Waals surface area contributed by atoms with E-state index in [1.165, 1.54) is 12.2 Å². The predicted octanol–water partition coefficient (Wildman–Crippen LogP) is 4.02. The van der Waals surface area contributed by atoms with Crippen LogP contribution in [0.5, 0.6) is 0 Å². The van der Waals surface area contributed by atoms with Crippen molar-refractivity contribution in [2.24, 2.45) is 0 Å². The highest BCUT2D eigenvalue weighted by Crippen LogP contribution is 2.26. The molecule has 0 aliphatic carbocycles. The summed E-state index contributed by atoms with van der Waals surface area (Å²) in [6.45, 7) is 0. The molecule has 0 saturated carbocycles. The van der Waals surface area contributed by atoms with Gasteiger partial charge in [0.25, 0.3) is 0 Å². The lowest BCUT2D eigenvalue weighted by Crippen LogP contribution is -2.14. The topological polar surface area (TPSA) is 75.3 Å². The van der Waals surface area contributed by atoms with Crippen LogP contribution in [-0.2, 0) is 14.8 Å². The van der Waals surface area contributed by atoms with E-state index in [2.05, 4.69) is 10.0 Å². The fraction of sp³-hybridized carbons (Fsp3) is 0.0625. The van der Waals surface area contributed by atoms with Crippen LogP contribution in [0.15, 0.2) is 48.5 Å². The minimum Gasteiger partial charge on any atom is -0.321 e. The summed E-state index contributed by atoms with van der Waals surface area (Å²) in [7, 11) is -3.46. The maximum absolute atomic E-state index is 12.1. The molecule has 126 valence electrons. The van der Waals surface area contributed by atoms with Gasteiger partial charge in [-0.1, -0.05) is 41.4 Å². The van der Waals surface area contributed by atoms with Gasteiger partial charge in [0.15, 0.2) is 0 Å². The molecular weight excluding hydrogens is 371 g/mol. The molecule has 0 radical (unpaired) electrons. The van der Waals surface area contributed by atoms with Gasteiger partial charge in [-0.2, -0.15) is 0 Å². The third-order valence-corrected chi connectivity index (χ3v) is 4.13. The van der Waals surface area contributed by atoms with Crippen molar-refractivity contribution in [3.05, 3.63) is 64.1 Å². The number of amides is 1. The lowest BCUT2D eigenvalue weighted by molar-refractivity contribution is -0.111. The van der Waals surface area contributed by atoms with Crippen LogP contribution >= 0.6 is 23.2 Å². The number of hydrogen-bond donors (Lipinski definition) is 2. The summed E-state index contributed by atoms with van der Waals surface area (Å²) in [5, 5.41) is 3.45. The van der Waals surface area contributed by atoms with Gasteiger partial charge in [0, 0.05) is 21.7 Å². The Hall–Kier alpha value is -2.02. The van der Waals surface area contributed by atoms with E-state index in [1.54, 1.807) is 42.5 Å². The molecule has 0 fully saturated rings. The summed E-state index contributed by atoms with van der Waals surface area (Å²) in [5.74, 6) is -0.450. The van der Waals surface area contributed by atoms with Gasteiger partial charge in [0.05, 0.1) is 17.6 Å². The Morgan fingerprint density at radius 3 is 2.17 bits per heavy atom. The Bertz CT molecular complexity index is 876. The molecule has 24 heavy (non-hydrogen) atoms. The molecule has 0 saturated heterocycles. The van der Waals surface area contributed by atoms with Crippen LogP contribution in [0.3, 0.4) is 0 Å².